The van der Waals surface area contributed by atoms with E-state index >= 15 is 0 Å². The predicted octanol–water partition coefficient (Wildman–Crippen LogP) is 1.33. The maximum Gasteiger partial charge on any atom is 0.268 e. The normalized spacial score (nSPS) is 11.2. The van der Waals surface area contributed by atoms with Crippen molar-refractivity contribution >= 4 is 19.7 Å². The molecular weight excluding hydrogens is 216 g/mol. The molecule has 1 N–H and O–H groups in total. The molecular formula is C7H7ClO4S. The van der Waals surface area contributed by atoms with E-state index in [1.807, 2.05) is 0 Å². The molecule has 1 aromatic carbocycles. The molecule has 13 heavy (non-hydrogen) atoms. The smallest absolute Gasteiger partial charge is 0.268 e. The Balaban J connectivity index is 3.50. The lowest BCUT2D eigenvalue weighted by Gasteiger charge is -2.06. The Labute approximate surface area is 80.1 Å². The summed E-state index contributed by atoms with van der Waals surface area (Å²) in [6.45, 7) is 0. The Morgan fingerprint density at radius 3 is 2.46 bits per heavy atom. The van der Waals surface area contributed by atoms with Crippen LogP contribution in [0.1, 0.15) is 0 Å². The van der Waals surface area contributed by atoms with Crippen LogP contribution in [0.4, 0.5) is 0 Å². The molecule has 72 valence electrons. The lowest BCUT2D eigenvalue weighted by Crippen LogP contribution is -1.96. The molecule has 0 aromatic heterocycles. The van der Waals surface area contributed by atoms with Crippen molar-refractivity contribution in [3.05, 3.63) is 18.2 Å². The van der Waals surface area contributed by atoms with Gasteiger partial charge in [-0.1, -0.05) is 6.07 Å². The number of halogens is 1. The zero-order chi connectivity index (χ0) is 10.1. The second-order valence-electron chi connectivity index (χ2n) is 2.25. The van der Waals surface area contributed by atoms with Crippen molar-refractivity contribution in [2.24, 2.45) is 0 Å². The summed E-state index contributed by atoms with van der Waals surface area (Å²) >= 11 is 0. The van der Waals surface area contributed by atoms with Gasteiger partial charge in [0.15, 0.2) is 4.90 Å². The van der Waals surface area contributed by atoms with Crippen LogP contribution in [0.25, 0.3) is 0 Å². The van der Waals surface area contributed by atoms with E-state index in [1.54, 1.807) is 0 Å². The number of hydrogen-bond donors (Lipinski definition) is 1. The third-order valence-electron chi connectivity index (χ3n) is 1.42. The summed E-state index contributed by atoms with van der Waals surface area (Å²) in [5, 5.41) is 9.21. The molecule has 6 heteroatoms. The topological polar surface area (TPSA) is 63.6 Å². The minimum absolute atomic E-state index is 0.0231. The summed E-state index contributed by atoms with van der Waals surface area (Å²) in [5.41, 5.74) is 0. The van der Waals surface area contributed by atoms with E-state index in [-0.39, 0.29) is 5.75 Å². The van der Waals surface area contributed by atoms with Gasteiger partial charge in [0.2, 0.25) is 0 Å². The molecule has 0 radical (unpaired) electrons. The fraction of sp³-hybridized carbons (Fsp3) is 0.143. The first-order valence-corrected chi connectivity index (χ1v) is 5.58. The molecule has 0 aliphatic heterocycles. The van der Waals surface area contributed by atoms with Gasteiger partial charge >= 0.3 is 0 Å². The molecule has 0 saturated carbocycles. The Hall–Kier alpha value is -0.940. The van der Waals surface area contributed by atoms with E-state index in [4.69, 9.17) is 15.4 Å². The minimum atomic E-state index is -3.98. The highest BCUT2D eigenvalue weighted by Crippen LogP contribution is 2.34. The van der Waals surface area contributed by atoms with Gasteiger partial charge in [0, 0.05) is 10.7 Å². The molecule has 0 amide bonds. The molecule has 0 fully saturated rings. The van der Waals surface area contributed by atoms with Gasteiger partial charge < -0.3 is 9.84 Å². The van der Waals surface area contributed by atoms with Crippen LogP contribution < -0.4 is 4.74 Å². The molecule has 0 atom stereocenters. The van der Waals surface area contributed by atoms with Gasteiger partial charge in [-0.15, -0.1) is 0 Å². The van der Waals surface area contributed by atoms with Gasteiger partial charge in [0.1, 0.15) is 11.5 Å². The molecule has 4 nitrogen and oxygen atoms in total. The second kappa shape index (κ2) is 3.43. The van der Waals surface area contributed by atoms with Gasteiger partial charge in [-0.05, 0) is 12.1 Å². The van der Waals surface area contributed by atoms with Crippen molar-refractivity contribution in [3.63, 3.8) is 0 Å². The number of benzene rings is 1. The van der Waals surface area contributed by atoms with Crippen LogP contribution in [-0.2, 0) is 9.05 Å². The monoisotopic (exact) mass is 222 g/mol. The molecule has 0 unspecified atom stereocenters. The number of phenols is 1. The van der Waals surface area contributed by atoms with Crippen molar-refractivity contribution < 1.29 is 18.3 Å². The van der Waals surface area contributed by atoms with Crippen LogP contribution in [0, 0.1) is 0 Å². The number of rotatable bonds is 2. The number of phenolic OH excluding ortho intramolecular Hbond substituents is 1. The van der Waals surface area contributed by atoms with E-state index in [1.165, 1.54) is 25.3 Å². The van der Waals surface area contributed by atoms with Gasteiger partial charge in [-0.2, -0.15) is 0 Å². The maximum absolute atomic E-state index is 11.0. The zero-order valence-electron chi connectivity index (χ0n) is 6.69. The van der Waals surface area contributed by atoms with Crippen molar-refractivity contribution in [3.8, 4) is 11.5 Å². The number of methoxy groups -OCH3 is 1. The molecule has 0 aliphatic carbocycles. The van der Waals surface area contributed by atoms with Gasteiger partial charge in [-0.25, -0.2) is 8.42 Å². The fourth-order valence-electron chi connectivity index (χ4n) is 0.910. The molecule has 0 aliphatic rings. The predicted molar refractivity (Wildman–Crippen MR) is 47.7 cm³/mol. The van der Waals surface area contributed by atoms with Gasteiger partial charge in [0.05, 0.1) is 7.11 Å². The average Bonchev–Trinajstić information content (AvgIpc) is 2.01. The zero-order valence-corrected chi connectivity index (χ0v) is 8.26. The van der Waals surface area contributed by atoms with Crippen LogP contribution in [-0.4, -0.2) is 20.6 Å². The summed E-state index contributed by atoms with van der Waals surface area (Å²) in [7, 11) is 2.39. The van der Waals surface area contributed by atoms with E-state index in [0.717, 1.165) is 0 Å². The standard InChI is InChI=1S/C7H7ClO4S/c1-12-6-4-2-3-5(9)7(6)13(8,10)11/h2-4,9H,1H3. The van der Waals surface area contributed by atoms with E-state index in [2.05, 4.69) is 0 Å². The number of ether oxygens (including phenoxy) is 1. The second-order valence-corrected chi connectivity index (χ2v) is 4.75. The average molecular weight is 223 g/mol. The van der Waals surface area contributed by atoms with Crippen molar-refractivity contribution in [1.82, 2.24) is 0 Å². The molecule has 0 heterocycles. The van der Waals surface area contributed by atoms with E-state index < -0.39 is 19.7 Å². The maximum atomic E-state index is 11.0. The summed E-state index contributed by atoms with van der Waals surface area (Å²) in [4.78, 5) is -0.404. The third-order valence-corrected chi connectivity index (χ3v) is 2.78. The molecule has 1 rings (SSSR count). The van der Waals surface area contributed by atoms with Crippen molar-refractivity contribution in [2.45, 2.75) is 4.90 Å². The highest BCUT2D eigenvalue weighted by Gasteiger charge is 2.20. The van der Waals surface area contributed by atoms with Crippen molar-refractivity contribution in [2.75, 3.05) is 7.11 Å². The van der Waals surface area contributed by atoms with E-state index in [0.29, 0.717) is 0 Å². The van der Waals surface area contributed by atoms with Crippen molar-refractivity contribution in [1.29, 1.82) is 0 Å². The summed E-state index contributed by atoms with van der Waals surface area (Å²) in [5.74, 6) is -0.399. The Morgan fingerprint density at radius 2 is 2.08 bits per heavy atom. The fourth-order valence-corrected chi connectivity index (χ4v) is 2.08. The first-order valence-electron chi connectivity index (χ1n) is 3.27. The lowest BCUT2D eigenvalue weighted by atomic mass is 10.3. The summed E-state index contributed by atoms with van der Waals surface area (Å²) < 4.78 is 26.6. The Kier molecular flexibility index (Phi) is 2.68. The number of aromatic hydroxyl groups is 1. The Bertz CT molecular complexity index is 413. The molecule has 1 aromatic rings. The van der Waals surface area contributed by atoms with Crippen LogP contribution in [0.15, 0.2) is 23.1 Å². The first-order chi connectivity index (χ1) is 5.96. The van der Waals surface area contributed by atoms with Crippen LogP contribution >= 0.6 is 10.7 Å². The highest BCUT2D eigenvalue weighted by molar-refractivity contribution is 8.13. The highest BCUT2D eigenvalue weighted by atomic mass is 35.7. The SMILES string of the molecule is COc1cccc(O)c1S(=O)(=O)Cl. The molecule has 0 saturated heterocycles. The van der Waals surface area contributed by atoms with Gasteiger partial charge in [-0.3, -0.25) is 0 Å². The number of hydrogen-bond acceptors (Lipinski definition) is 4. The third kappa shape index (κ3) is 2.05. The quantitative estimate of drug-likeness (QED) is 0.767. The minimum Gasteiger partial charge on any atom is -0.506 e. The van der Waals surface area contributed by atoms with Gasteiger partial charge in [0.25, 0.3) is 9.05 Å². The van der Waals surface area contributed by atoms with E-state index in [9.17, 15) is 13.5 Å². The summed E-state index contributed by atoms with van der Waals surface area (Å²) in [6.07, 6.45) is 0. The lowest BCUT2D eigenvalue weighted by molar-refractivity contribution is 0.389. The molecule has 0 spiro atoms. The summed E-state index contributed by atoms with van der Waals surface area (Å²) in [6, 6.07) is 4.08. The van der Waals surface area contributed by atoms with Crippen LogP contribution in [0.3, 0.4) is 0 Å². The van der Waals surface area contributed by atoms with Crippen LogP contribution in [0.2, 0.25) is 0 Å². The molecule has 0 bridgehead atoms. The first kappa shape index (κ1) is 10.1. The largest absolute Gasteiger partial charge is 0.506 e. The Morgan fingerprint density at radius 1 is 1.46 bits per heavy atom. The van der Waals surface area contributed by atoms with Crippen LogP contribution in [0.5, 0.6) is 11.5 Å².